The number of likely N-dealkylation sites (N-methyl/N-ethyl adjacent to an activating group) is 1. The number of ether oxygens (including phenoxy) is 3. The van der Waals surface area contributed by atoms with Crippen LogP contribution in [0, 0.1) is 0 Å². The van der Waals surface area contributed by atoms with Gasteiger partial charge < -0.3 is 19.9 Å². The lowest BCUT2D eigenvalue weighted by Crippen LogP contribution is -2.33. The number of nitrogens with two attached hydrogens (primary N) is 1. The third-order valence-corrected chi connectivity index (χ3v) is 4.36. The molecule has 5 heteroatoms. The van der Waals surface area contributed by atoms with Crippen molar-refractivity contribution in [1.82, 2.24) is 4.90 Å². The summed E-state index contributed by atoms with van der Waals surface area (Å²) in [6.07, 6.45) is 0. The number of hydrogen-bond donors (Lipinski definition) is 1. The zero-order valence-electron chi connectivity index (χ0n) is 14.2. The molecule has 0 radical (unpaired) electrons. The molecular formula is C19H24N2O3. The molecule has 5 nitrogen and oxygen atoms in total. The molecule has 2 aromatic rings. The minimum Gasteiger partial charge on any atom is -0.493 e. The van der Waals surface area contributed by atoms with Gasteiger partial charge >= 0.3 is 0 Å². The molecule has 2 aromatic carbocycles. The molecule has 128 valence electrons. The summed E-state index contributed by atoms with van der Waals surface area (Å²) in [4.78, 5) is 2.35. The number of nitrogens with zero attached hydrogens (tertiary/aromatic N) is 1. The Morgan fingerprint density at radius 1 is 1.21 bits per heavy atom. The Labute approximate surface area is 142 Å². The third-order valence-electron chi connectivity index (χ3n) is 4.36. The van der Waals surface area contributed by atoms with Crippen molar-refractivity contribution < 1.29 is 14.2 Å². The highest BCUT2D eigenvalue weighted by molar-refractivity contribution is 5.55. The van der Waals surface area contributed by atoms with Gasteiger partial charge in [-0.05, 0) is 29.8 Å². The van der Waals surface area contributed by atoms with Crippen LogP contribution in [0.25, 0.3) is 0 Å². The minimum absolute atomic E-state index is 0.0820. The summed E-state index contributed by atoms with van der Waals surface area (Å²) in [6.45, 7) is 4.63. The van der Waals surface area contributed by atoms with Crippen LogP contribution in [0.3, 0.4) is 0 Å². The molecule has 1 atom stereocenters. The van der Waals surface area contributed by atoms with Crippen molar-refractivity contribution >= 4 is 0 Å². The smallest absolute Gasteiger partial charge is 0.231 e. The first-order valence-electron chi connectivity index (χ1n) is 8.22. The van der Waals surface area contributed by atoms with E-state index in [4.69, 9.17) is 19.9 Å². The first kappa shape index (κ1) is 16.6. The topological polar surface area (TPSA) is 57.0 Å². The fourth-order valence-corrected chi connectivity index (χ4v) is 3.10. The van der Waals surface area contributed by atoms with Gasteiger partial charge in [0.15, 0.2) is 11.5 Å². The van der Waals surface area contributed by atoms with Crippen molar-refractivity contribution in [3.63, 3.8) is 0 Å². The highest BCUT2D eigenvalue weighted by Crippen LogP contribution is 2.43. The fourth-order valence-electron chi connectivity index (χ4n) is 3.10. The molecule has 0 aliphatic carbocycles. The van der Waals surface area contributed by atoms with Crippen LogP contribution >= 0.6 is 0 Å². The SMILES string of the molecule is CCN(Cc1ccccc1)C(CN)c1cc(OC)c2c(c1)OCO2. The van der Waals surface area contributed by atoms with Crippen LogP contribution in [-0.4, -0.2) is 31.9 Å². The lowest BCUT2D eigenvalue weighted by Gasteiger charge is -2.30. The molecule has 0 fully saturated rings. The van der Waals surface area contributed by atoms with Crippen molar-refractivity contribution in [2.45, 2.75) is 19.5 Å². The van der Waals surface area contributed by atoms with Gasteiger partial charge in [0.1, 0.15) is 0 Å². The standard InChI is InChI=1S/C19H24N2O3/c1-3-21(12-14-7-5-4-6-8-14)16(11-20)15-9-17(22-2)19-18(10-15)23-13-24-19/h4-10,16H,3,11-13,20H2,1-2H3. The maximum atomic E-state index is 6.12. The number of fused-ring (bicyclic) bond motifs is 1. The van der Waals surface area contributed by atoms with Crippen molar-refractivity contribution in [2.75, 3.05) is 27.0 Å². The molecule has 1 aliphatic heterocycles. The summed E-state index contributed by atoms with van der Waals surface area (Å²) in [6, 6.07) is 14.5. The highest BCUT2D eigenvalue weighted by Gasteiger charge is 2.25. The van der Waals surface area contributed by atoms with Crippen LogP contribution < -0.4 is 19.9 Å². The Morgan fingerprint density at radius 2 is 2.00 bits per heavy atom. The zero-order chi connectivity index (χ0) is 16.9. The van der Waals surface area contributed by atoms with E-state index in [1.54, 1.807) is 7.11 Å². The lowest BCUT2D eigenvalue weighted by atomic mass is 10.0. The number of rotatable bonds is 7. The van der Waals surface area contributed by atoms with Crippen molar-refractivity contribution in [3.8, 4) is 17.2 Å². The van der Waals surface area contributed by atoms with Gasteiger partial charge in [-0.1, -0.05) is 37.3 Å². The molecule has 2 N–H and O–H groups in total. The van der Waals surface area contributed by atoms with Crippen molar-refractivity contribution in [1.29, 1.82) is 0 Å². The molecule has 3 rings (SSSR count). The number of methoxy groups -OCH3 is 1. The minimum atomic E-state index is 0.0820. The molecule has 1 aliphatic rings. The van der Waals surface area contributed by atoms with Gasteiger partial charge in [0, 0.05) is 19.1 Å². The van der Waals surface area contributed by atoms with Crippen LogP contribution in [-0.2, 0) is 6.54 Å². The number of benzene rings is 2. The van der Waals surface area contributed by atoms with Gasteiger partial charge in [-0.2, -0.15) is 0 Å². The molecule has 0 saturated carbocycles. The van der Waals surface area contributed by atoms with Crippen LogP contribution in [0.1, 0.15) is 24.1 Å². The van der Waals surface area contributed by atoms with Crippen LogP contribution in [0.4, 0.5) is 0 Å². The van der Waals surface area contributed by atoms with Crippen LogP contribution in [0.2, 0.25) is 0 Å². The second kappa shape index (κ2) is 7.55. The van der Waals surface area contributed by atoms with Crippen LogP contribution in [0.15, 0.2) is 42.5 Å². The Kier molecular flexibility index (Phi) is 5.23. The second-order valence-electron chi connectivity index (χ2n) is 5.76. The Hall–Kier alpha value is -2.24. The van der Waals surface area contributed by atoms with Gasteiger partial charge in [-0.25, -0.2) is 0 Å². The first-order valence-corrected chi connectivity index (χ1v) is 8.22. The largest absolute Gasteiger partial charge is 0.493 e. The molecule has 0 amide bonds. The highest BCUT2D eigenvalue weighted by atomic mass is 16.7. The monoisotopic (exact) mass is 328 g/mol. The Bertz CT molecular complexity index is 676. The average Bonchev–Trinajstić information content (AvgIpc) is 3.10. The third kappa shape index (κ3) is 3.32. The van der Waals surface area contributed by atoms with Gasteiger partial charge in [0.2, 0.25) is 12.5 Å². The summed E-state index contributed by atoms with van der Waals surface area (Å²) < 4.78 is 16.5. The second-order valence-corrected chi connectivity index (χ2v) is 5.76. The van der Waals surface area contributed by atoms with Gasteiger partial charge in [0.25, 0.3) is 0 Å². The maximum absolute atomic E-state index is 6.12. The van der Waals surface area contributed by atoms with E-state index in [1.165, 1.54) is 5.56 Å². The molecular weight excluding hydrogens is 304 g/mol. The Morgan fingerprint density at radius 3 is 2.67 bits per heavy atom. The van der Waals surface area contributed by atoms with Crippen molar-refractivity contribution in [2.24, 2.45) is 5.73 Å². The van der Waals surface area contributed by atoms with E-state index >= 15 is 0 Å². The van der Waals surface area contributed by atoms with E-state index in [0.717, 1.165) is 24.4 Å². The molecule has 1 unspecified atom stereocenters. The molecule has 1 heterocycles. The summed E-state index contributed by atoms with van der Waals surface area (Å²) in [5.74, 6) is 2.08. The van der Waals surface area contributed by atoms with E-state index in [9.17, 15) is 0 Å². The van der Waals surface area contributed by atoms with E-state index < -0.39 is 0 Å². The summed E-state index contributed by atoms with van der Waals surface area (Å²) in [7, 11) is 1.64. The molecule has 0 saturated heterocycles. The van der Waals surface area contributed by atoms with Gasteiger partial charge in [0.05, 0.1) is 7.11 Å². The predicted molar refractivity (Wildman–Crippen MR) is 93.4 cm³/mol. The summed E-state index contributed by atoms with van der Waals surface area (Å²) >= 11 is 0. The average molecular weight is 328 g/mol. The van der Waals surface area contributed by atoms with E-state index in [-0.39, 0.29) is 12.8 Å². The maximum Gasteiger partial charge on any atom is 0.231 e. The van der Waals surface area contributed by atoms with Crippen molar-refractivity contribution in [3.05, 3.63) is 53.6 Å². The zero-order valence-corrected chi connectivity index (χ0v) is 14.2. The summed E-state index contributed by atoms with van der Waals surface area (Å²) in [5.41, 5.74) is 8.47. The molecule has 24 heavy (non-hydrogen) atoms. The van der Waals surface area contributed by atoms with E-state index in [1.807, 2.05) is 18.2 Å². The van der Waals surface area contributed by atoms with Gasteiger partial charge in [-0.15, -0.1) is 0 Å². The van der Waals surface area contributed by atoms with E-state index in [2.05, 4.69) is 36.1 Å². The molecule has 0 bridgehead atoms. The van der Waals surface area contributed by atoms with E-state index in [0.29, 0.717) is 18.0 Å². The summed E-state index contributed by atoms with van der Waals surface area (Å²) in [5, 5.41) is 0. The first-order chi connectivity index (χ1) is 11.8. The quantitative estimate of drug-likeness (QED) is 0.847. The predicted octanol–water partition coefficient (Wildman–Crippen LogP) is 2.95. The molecule has 0 spiro atoms. The van der Waals surface area contributed by atoms with Crippen LogP contribution in [0.5, 0.6) is 17.2 Å². The normalized spacial score (nSPS) is 14.0. The fraction of sp³-hybridized carbons (Fsp3) is 0.368. The Balaban J connectivity index is 1.89. The van der Waals surface area contributed by atoms with Gasteiger partial charge in [-0.3, -0.25) is 4.90 Å². The lowest BCUT2D eigenvalue weighted by molar-refractivity contribution is 0.171. The number of hydrogen-bond acceptors (Lipinski definition) is 5. The molecule has 0 aromatic heterocycles.